The van der Waals surface area contributed by atoms with Crippen molar-refractivity contribution < 1.29 is 4.79 Å². The molecule has 0 saturated heterocycles. The van der Waals surface area contributed by atoms with Crippen LogP contribution in [0, 0.1) is 0 Å². The monoisotopic (exact) mass is 328 g/mol. The zero-order chi connectivity index (χ0) is 13.8. The van der Waals surface area contributed by atoms with Crippen LogP contribution in [0.1, 0.15) is 37.0 Å². The second kappa shape index (κ2) is 6.29. The van der Waals surface area contributed by atoms with Gasteiger partial charge in [0.05, 0.1) is 16.1 Å². The molecule has 3 N–H and O–H groups in total. The number of carbonyl (C=O) groups is 1. The van der Waals surface area contributed by atoms with Crippen molar-refractivity contribution in [1.29, 1.82) is 0 Å². The molecule has 0 aliphatic rings. The minimum atomic E-state index is -0.609. The summed E-state index contributed by atoms with van der Waals surface area (Å²) in [4.78, 5) is 12.6. The molecule has 0 unspecified atom stereocenters. The van der Waals surface area contributed by atoms with Crippen LogP contribution < -0.4 is 11.1 Å². The highest BCUT2D eigenvalue weighted by molar-refractivity contribution is 9.10. The van der Waals surface area contributed by atoms with Crippen LogP contribution in [0.3, 0.4) is 0 Å². The zero-order valence-electron chi connectivity index (χ0n) is 10.5. The molecule has 3 nitrogen and oxygen atoms in total. The Morgan fingerprint density at radius 2 is 1.94 bits per heavy atom. The molecule has 0 aliphatic heterocycles. The fraction of sp³-hybridized carbons (Fsp3) is 0.385. The second-order valence-electron chi connectivity index (χ2n) is 4.09. The molecule has 1 aromatic rings. The molecule has 5 heteroatoms. The van der Waals surface area contributed by atoms with Gasteiger partial charge in [-0.25, -0.2) is 0 Å². The van der Waals surface area contributed by atoms with Gasteiger partial charge in [0.15, 0.2) is 0 Å². The van der Waals surface area contributed by atoms with Crippen LogP contribution >= 0.6 is 28.1 Å². The van der Waals surface area contributed by atoms with E-state index in [2.05, 4.69) is 21.2 Å². The molecule has 0 atom stereocenters. The third-order valence-electron chi connectivity index (χ3n) is 3.15. The molecule has 0 spiro atoms. The molecule has 18 heavy (non-hydrogen) atoms. The van der Waals surface area contributed by atoms with Crippen molar-refractivity contribution in [3.8, 4) is 0 Å². The largest absolute Gasteiger partial charge is 0.391 e. The highest BCUT2D eigenvalue weighted by atomic mass is 79.9. The molecule has 98 valence electrons. The lowest BCUT2D eigenvalue weighted by molar-refractivity contribution is 0.0919. The van der Waals surface area contributed by atoms with E-state index in [1.807, 2.05) is 32.0 Å². The first-order valence-corrected chi connectivity index (χ1v) is 7.04. The smallest absolute Gasteiger partial charge is 0.253 e. The van der Waals surface area contributed by atoms with Crippen molar-refractivity contribution in [2.75, 3.05) is 0 Å². The number of hydrogen-bond donors (Lipinski definition) is 2. The Morgan fingerprint density at radius 3 is 2.39 bits per heavy atom. The maximum atomic E-state index is 12.2. The van der Waals surface area contributed by atoms with Gasteiger partial charge in [-0.2, -0.15) is 0 Å². The summed E-state index contributed by atoms with van der Waals surface area (Å²) in [7, 11) is 0. The molecule has 0 bridgehead atoms. The van der Waals surface area contributed by atoms with Crippen molar-refractivity contribution in [2.45, 2.75) is 32.2 Å². The first-order valence-electron chi connectivity index (χ1n) is 5.83. The summed E-state index contributed by atoms with van der Waals surface area (Å²) in [6, 6.07) is 7.27. The van der Waals surface area contributed by atoms with Gasteiger partial charge in [0.25, 0.3) is 5.91 Å². The number of nitrogens with one attached hydrogen (secondary N) is 1. The number of hydrogen-bond acceptors (Lipinski definition) is 2. The Balaban J connectivity index is 3.00. The summed E-state index contributed by atoms with van der Waals surface area (Å²) < 4.78 is 0.756. The number of carbonyl (C=O) groups excluding carboxylic acids is 1. The predicted octanol–water partition coefficient (Wildman–Crippen LogP) is 3.02. The molecule has 0 aromatic heterocycles. The van der Waals surface area contributed by atoms with Crippen LogP contribution in [0.25, 0.3) is 0 Å². The second-order valence-corrected chi connectivity index (χ2v) is 5.38. The maximum absolute atomic E-state index is 12.2. The van der Waals surface area contributed by atoms with E-state index in [-0.39, 0.29) is 5.91 Å². The van der Waals surface area contributed by atoms with Crippen molar-refractivity contribution >= 4 is 39.0 Å². The highest BCUT2D eigenvalue weighted by Crippen LogP contribution is 2.20. The summed E-state index contributed by atoms with van der Waals surface area (Å²) in [6.07, 6.45) is 1.35. The molecule has 0 aliphatic carbocycles. The topological polar surface area (TPSA) is 55.1 Å². The molecule has 1 aromatic carbocycles. The van der Waals surface area contributed by atoms with E-state index in [9.17, 15) is 4.79 Å². The predicted molar refractivity (Wildman–Crippen MR) is 81.7 cm³/mol. The molecule has 1 amide bonds. The molecule has 0 heterocycles. The molecular formula is C13H17BrN2OS. The van der Waals surface area contributed by atoms with Gasteiger partial charge < -0.3 is 11.1 Å². The van der Waals surface area contributed by atoms with E-state index in [1.165, 1.54) is 0 Å². The van der Waals surface area contributed by atoms with Crippen molar-refractivity contribution in [3.05, 3.63) is 34.3 Å². The van der Waals surface area contributed by atoms with Crippen molar-refractivity contribution in [1.82, 2.24) is 5.32 Å². The Kier molecular flexibility index (Phi) is 5.28. The first kappa shape index (κ1) is 15.1. The van der Waals surface area contributed by atoms with Gasteiger partial charge in [0.2, 0.25) is 0 Å². The minimum absolute atomic E-state index is 0.168. The Hall–Kier alpha value is -0.940. The van der Waals surface area contributed by atoms with Gasteiger partial charge in [0, 0.05) is 4.47 Å². The number of rotatable bonds is 5. The van der Waals surface area contributed by atoms with Crippen LogP contribution in [0.15, 0.2) is 28.7 Å². The molecule has 0 saturated carbocycles. The Bertz CT molecular complexity index is 458. The quantitative estimate of drug-likeness (QED) is 0.817. The summed E-state index contributed by atoms with van der Waals surface area (Å²) in [5.41, 5.74) is 5.74. The third-order valence-corrected chi connectivity index (χ3v) is 4.23. The number of amides is 1. The Morgan fingerprint density at radius 1 is 1.39 bits per heavy atom. The normalized spacial score (nSPS) is 11.1. The average Bonchev–Trinajstić information content (AvgIpc) is 2.36. The van der Waals surface area contributed by atoms with Gasteiger partial charge >= 0.3 is 0 Å². The maximum Gasteiger partial charge on any atom is 0.253 e. The number of halogens is 1. The molecule has 0 fully saturated rings. The van der Waals surface area contributed by atoms with E-state index in [1.54, 1.807) is 6.07 Å². The van der Waals surface area contributed by atoms with Crippen LogP contribution in [0.5, 0.6) is 0 Å². The van der Waals surface area contributed by atoms with E-state index >= 15 is 0 Å². The lowest BCUT2D eigenvalue weighted by Crippen LogP contribution is -2.56. The lowest BCUT2D eigenvalue weighted by Gasteiger charge is -2.31. The molecular weight excluding hydrogens is 312 g/mol. The summed E-state index contributed by atoms with van der Waals surface area (Å²) in [5, 5.41) is 2.95. The van der Waals surface area contributed by atoms with Crippen LogP contribution in [0.2, 0.25) is 0 Å². The number of benzene rings is 1. The number of nitrogens with two attached hydrogens (primary N) is 1. The third kappa shape index (κ3) is 3.09. The average molecular weight is 329 g/mol. The minimum Gasteiger partial charge on any atom is -0.391 e. The first-order chi connectivity index (χ1) is 8.46. The zero-order valence-corrected chi connectivity index (χ0v) is 12.9. The van der Waals surface area contributed by atoms with Crippen LogP contribution in [-0.4, -0.2) is 16.4 Å². The molecule has 0 radical (unpaired) electrons. The van der Waals surface area contributed by atoms with E-state index in [0.29, 0.717) is 23.4 Å². The van der Waals surface area contributed by atoms with Crippen LogP contribution in [0.4, 0.5) is 0 Å². The van der Waals surface area contributed by atoms with Crippen molar-refractivity contribution in [2.24, 2.45) is 5.73 Å². The summed E-state index contributed by atoms with van der Waals surface area (Å²) in [5.74, 6) is -0.168. The van der Waals surface area contributed by atoms with Gasteiger partial charge in [0.1, 0.15) is 0 Å². The summed E-state index contributed by atoms with van der Waals surface area (Å²) in [6.45, 7) is 3.92. The van der Waals surface area contributed by atoms with Gasteiger partial charge in [-0.15, -0.1) is 0 Å². The van der Waals surface area contributed by atoms with Crippen molar-refractivity contribution in [3.63, 3.8) is 0 Å². The fourth-order valence-corrected chi connectivity index (χ4v) is 2.57. The highest BCUT2D eigenvalue weighted by Gasteiger charge is 2.31. The van der Waals surface area contributed by atoms with E-state index in [4.69, 9.17) is 18.0 Å². The van der Waals surface area contributed by atoms with Gasteiger partial charge in [-0.3, -0.25) is 4.79 Å². The number of thiocarbonyl (C=S) groups is 1. The Labute approximate surface area is 121 Å². The van der Waals surface area contributed by atoms with E-state index < -0.39 is 5.54 Å². The van der Waals surface area contributed by atoms with Gasteiger partial charge in [-0.1, -0.05) is 38.2 Å². The fourth-order valence-electron chi connectivity index (χ4n) is 1.77. The van der Waals surface area contributed by atoms with E-state index in [0.717, 1.165) is 4.47 Å². The lowest BCUT2D eigenvalue weighted by atomic mass is 9.92. The molecule has 1 rings (SSSR count). The van der Waals surface area contributed by atoms with Crippen LogP contribution in [-0.2, 0) is 0 Å². The standard InChI is InChI=1S/C13H17BrN2OS/c1-3-13(4-2,12(15)18)16-11(17)9-7-5-6-8-10(9)14/h5-8H,3-4H2,1-2H3,(H2,15,18)(H,16,17). The summed E-state index contributed by atoms with van der Waals surface area (Å²) >= 11 is 8.44. The van der Waals surface area contributed by atoms with Gasteiger partial charge in [-0.05, 0) is 40.9 Å². The SMILES string of the molecule is CCC(CC)(NC(=O)c1ccccc1Br)C(N)=S.